The maximum atomic E-state index is 12.2. The van der Waals surface area contributed by atoms with Crippen LogP contribution in [0.5, 0.6) is 5.75 Å². The summed E-state index contributed by atoms with van der Waals surface area (Å²) in [5, 5.41) is 0. The first-order chi connectivity index (χ1) is 11.8. The molecule has 1 saturated heterocycles. The van der Waals surface area contributed by atoms with Gasteiger partial charge in [-0.15, -0.1) is 0 Å². The van der Waals surface area contributed by atoms with E-state index in [0.717, 1.165) is 31.7 Å². The highest BCUT2D eigenvalue weighted by atomic mass is 16.6. The van der Waals surface area contributed by atoms with Gasteiger partial charge in [-0.1, -0.05) is 12.1 Å². The maximum absolute atomic E-state index is 12.2. The third-order valence-corrected chi connectivity index (χ3v) is 4.61. The van der Waals surface area contributed by atoms with Crippen LogP contribution in [0.2, 0.25) is 0 Å². The second-order valence-corrected chi connectivity index (χ2v) is 7.65. The summed E-state index contributed by atoms with van der Waals surface area (Å²) in [6, 6.07) is 8.23. The van der Waals surface area contributed by atoms with Gasteiger partial charge in [0.2, 0.25) is 0 Å². The zero-order valence-electron chi connectivity index (χ0n) is 16.0. The summed E-state index contributed by atoms with van der Waals surface area (Å²) >= 11 is 0. The van der Waals surface area contributed by atoms with Crippen LogP contribution in [-0.4, -0.2) is 42.8 Å². The zero-order valence-corrected chi connectivity index (χ0v) is 16.0. The van der Waals surface area contributed by atoms with E-state index in [4.69, 9.17) is 15.2 Å². The molecule has 1 amide bonds. The number of ether oxygens (including phenoxy) is 2. The average Bonchev–Trinajstić information content (AvgIpc) is 2.55. The van der Waals surface area contributed by atoms with E-state index < -0.39 is 5.60 Å². The standard InChI is InChI=1S/C20H32N2O3/c1-5-24-17-8-6-7-16(13-17)18(14-21)15-9-11-22(12-10-15)19(23)25-20(2,3)4/h6-8,13,15,18H,5,9-12,14,21H2,1-4H3. The Bertz CT molecular complexity index is 560. The average molecular weight is 348 g/mol. The summed E-state index contributed by atoms with van der Waals surface area (Å²) in [7, 11) is 0. The van der Waals surface area contributed by atoms with Gasteiger partial charge in [0, 0.05) is 13.1 Å². The Kier molecular flexibility index (Phi) is 6.71. The minimum atomic E-state index is -0.451. The molecule has 140 valence electrons. The minimum Gasteiger partial charge on any atom is -0.494 e. The predicted octanol–water partition coefficient (Wildman–Crippen LogP) is 3.77. The second-order valence-electron chi connectivity index (χ2n) is 7.65. The molecule has 0 aliphatic carbocycles. The monoisotopic (exact) mass is 348 g/mol. The number of amides is 1. The highest BCUT2D eigenvalue weighted by Crippen LogP contribution is 2.33. The highest BCUT2D eigenvalue weighted by Gasteiger charge is 2.30. The van der Waals surface area contributed by atoms with Crippen LogP contribution in [-0.2, 0) is 4.74 Å². The zero-order chi connectivity index (χ0) is 18.4. The molecule has 2 rings (SSSR count). The van der Waals surface area contributed by atoms with Crippen molar-refractivity contribution in [1.82, 2.24) is 4.90 Å². The van der Waals surface area contributed by atoms with E-state index in [1.807, 2.05) is 44.7 Å². The Hall–Kier alpha value is -1.75. The Balaban J connectivity index is 1.98. The molecule has 1 aromatic carbocycles. The van der Waals surface area contributed by atoms with Gasteiger partial charge in [-0.25, -0.2) is 4.79 Å². The van der Waals surface area contributed by atoms with Gasteiger partial charge in [0.25, 0.3) is 0 Å². The Morgan fingerprint density at radius 3 is 2.56 bits per heavy atom. The number of benzene rings is 1. The topological polar surface area (TPSA) is 64.8 Å². The molecule has 1 aromatic rings. The number of hydrogen-bond acceptors (Lipinski definition) is 4. The Morgan fingerprint density at radius 2 is 2.00 bits per heavy atom. The van der Waals surface area contributed by atoms with Gasteiger partial charge in [0.15, 0.2) is 0 Å². The largest absolute Gasteiger partial charge is 0.494 e. The lowest BCUT2D eigenvalue weighted by Crippen LogP contribution is -2.43. The lowest BCUT2D eigenvalue weighted by molar-refractivity contribution is 0.0175. The van der Waals surface area contributed by atoms with Crippen molar-refractivity contribution >= 4 is 6.09 Å². The molecule has 1 atom stereocenters. The van der Waals surface area contributed by atoms with Crippen LogP contribution in [0.1, 0.15) is 52.0 Å². The lowest BCUT2D eigenvalue weighted by Gasteiger charge is -2.36. The van der Waals surface area contributed by atoms with Crippen LogP contribution in [0, 0.1) is 5.92 Å². The summed E-state index contributed by atoms with van der Waals surface area (Å²) in [4.78, 5) is 14.0. The number of carbonyl (C=O) groups is 1. The maximum Gasteiger partial charge on any atom is 0.410 e. The molecule has 0 aromatic heterocycles. The van der Waals surface area contributed by atoms with Crippen LogP contribution in [0.4, 0.5) is 4.79 Å². The molecule has 0 spiro atoms. The van der Waals surface area contributed by atoms with Crippen LogP contribution in [0.15, 0.2) is 24.3 Å². The number of rotatable bonds is 5. The predicted molar refractivity (Wildman–Crippen MR) is 99.9 cm³/mol. The first kappa shape index (κ1) is 19.6. The van der Waals surface area contributed by atoms with E-state index in [9.17, 15) is 4.79 Å². The van der Waals surface area contributed by atoms with E-state index >= 15 is 0 Å². The van der Waals surface area contributed by atoms with Gasteiger partial charge >= 0.3 is 6.09 Å². The fourth-order valence-corrected chi connectivity index (χ4v) is 3.41. The molecule has 1 unspecified atom stereocenters. The molecule has 0 saturated carbocycles. The SMILES string of the molecule is CCOc1cccc(C(CN)C2CCN(C(=O)OC(C)(C)C)CC2)c1. The summed E-state index contributed by atoms with van der Waals surface area (Å²) in [5.41, 5.74) is 6.87. The fourth-order valence-electron chi connectivity index (χ4n) is 3.41. The molecular weight excluding hydrogens is 316 g/mol. The van der Waals surface area contributed by atoms with E-state index in [1.54, 1.807) is 0 Å². The molecule has 1 aliphatic heterocycles. The molecule has 2 N–H and O–H groups in total. The van der Waals surface area contributed by atoms with Gasteiger partial charge in [0.1, 0.15) is 11.4 Å². The minimum absolute atomic E-state index is 0.214. The summed E-state index contributed by atoms with van der Waals surface area (Å²) in [6.07, 6.45) is 1.67. The van der Waals surface area contributed by atoms with E-state index in [-0.39, 0.29) is 6.09 Å². The van der Waals surface area contributed by atoms with Crippen molar-refractivity contribution in [2.45, 2.75) is 52.1 Å². The first-order valence-corrected chi connectivity index (χ1v) is 9.24. The summed E-state index contributed by atoms with van der Waals surface area (Å²) in [5.74, 6) is 1.66. The number of nitrogens with zero attached hydrogens (tertiary/aromatic N) is 1. The highest BCUT2D eigenvalue weighted by molar-refractivity contribution is 5.68. The Morgan fingerprint density at radius 1 is 1.32 bits per heavy atom. The molecule has 5 heteroatoms. The number of piperidine rings is 1. The quantitative estimate of drug-likeness (QED) is 0.879. The van der Waals surface area contributed by atoms with Crippen molar-refractivity contribution in [2.24, 2.45) is 11.7 Å². The molecule has 0 bridgehead atoms. The summed E-state index contributed by atoms with van der Waals surface area (Å²) < 4.78 is 11.1. The molecular formula is C20H32N2O3. The first-order valence-electron chi connectivity index (χ1n) is 9.24. The summed E-state index contributed by atoms with van der Waals surface area (Å²) in [6.45, 7) is 10.4. The van der Waals surface area contributed by atoms with E-state index in [2.05, 4.69) is 12.1 Å². The van der Waals surface area contributed by atoms with Gasteiger partial charge in [-0.3, -0.25) is 0 Å². The van der Waals surface area contributed by atoms with Crippen molar-refractivity contribution in [1.29, 1.82) is 0 Å². The molecule has 1 fully saturated rings. The van der Waals surface area contributed by atoms with Crippen molar-refractivity contribution in [3.8, 4) is 5.75 Å². The van der Waals surface area contributed by atoms with Crippen LogP contribution in [0.3, 0.4) is 0 Å². The molecule has 0 radical (unpaired) electrons. The second kappa shape index (κ2) is 8.56. The van der Waals surface area contributed by atoms with Crippen LogP contribution < -0.4 is 10.5 Å². The van der Waals surface area contributed by atoms with Gasteiger partial charge in [-0.05, 0) is 76.6 Å². The van der Waals surface area contributed by atoms with Crippen molar-refractivity contribution in [3.63, 3.8) is 0 Å². The number of likely N-dealkylation sites (tertiary alicyclic amines) is 1. The van der Waals surface area contributed by atoms with Crippen LogP contribution >= 0.6 is 0 Å². The van der Waals surface area contributed by atoms with Gasteiger partial charge < -0.3 is 20.1 Å². The van der Waals surface area contributed by atoms with E-state index in [0.29, 0.717) is 25.0 Å². The molecule has 1 heterocycles. The molecule has 1 aliphatic rings. The molecule has 5 nitrogen and oxygen atoms in total. The third-order valence-electron chi connectivity index (χ3n) is 4.61. The number of carbonyl (C=O) groups excluding carboxylic acids is 1. The molecule has 25 heavy (non-hydrogen) atoms. The third kappa shape index (κ3) is 5.63. The van der Waals surface area contributed by atoms with E-state index in [1.165, 1.54) is 5.56 Å². The van der Waals surface area contributed by atoms with Crippen molar-refractivity contribution < 1.29 is 14.3 Å². The Labute approximate surface area is 151 Å². The van der Waals surface area contributed by atoms with Crippen molar-refractivity contribution in [2.75, 3.05) is 26.2 Å². The lowest BCUT2D eigenvalue weighted by atomic mass is 9.80. The van der Waals surface area contributed by atoms with Crippen molar-refractivity contribution in [3.05, 3.63) is 29.8 Å². The number of hydrogen-bond donors (Lipinski definition) is 1. The smallest absolute Gasteiger partial charge is 0.410 e. The van der Waals surface area contributed by atoms with Crippen LogP contribution in [0.25, 0.3) is 0 Å². The fraction of sp³-hybridized carbons (Fsp3) is 0.650. The number of nitrogens with two attached hydrogens (primary N) is 1. The van der Waals surface area contributed by atoms with Gasteiger partial charge in [0.05, 0.1) is 6.61 Å². The van der Waals surface area contributed by atoms with Gasteiger partial charge in [-0.2, -0.15) is 0 Å². The normalized spacial score (nSPS) is 17.2.